The fourth-order valence-corrected chi connectivity index (χ4v) is 9.43. The maximum atomic E-state index is 2.51. The largest absolute Gasteiger partial charge is 0.309 e. The summed E-state index contributed by atoms with van der Waals surface area (Å²) < 4.78 is 5.02. The zero-order chi connectivity index (χ0) is 33.5. The van der Waals surface area contributed by atoms with Gasteiger partial charge < -0.3 is 9.47 Å². The Morgan fingerprint density at radius 3 is 1.96 bits per heavy atom. The second-order valence-corrected chi connectivity index (χ2v) is 14.4. The van der Waals surface area contributed by atoms with Gasteiger partial charge in [-0.2, -0.15) is 0 Å². The second kappa shape index (κ2) is 11.0. The molecule has 0 saturated heterocycles. The molecule has 0 bridgehead atoms. The highest BCUT2D eigenvalue weighted by molar-refractivity contribution is 7.25. The summed E-state index contributed by atoms with van der Waals surface area (Å²) in [5.41, 5.74) is 6.99. The normalized spacial score (nSPS) is 11.9. The van der Waals surface area contributed by atoms with Gasteiger partial charge in [0.2, 0.25) is 0 Å². The Morgan fingerprint density at radius 2 is 1.04 bits per heavy atom. The molecule has 0 aliphatic rings. The van der Waals surface area contributed by atoms with Crippen molar-refractivity contribution in [2.24, 2.45) is 0 Å². The van der Waals surface area contributed by atoms with E-state index in [0.29, 0.717) is 0 Å². The molecule has 0 radical (unpaired) electrons. The first-order chi connectivity index (χ1) is 25.3. The van der Waals surface area contributed by atoms with Gasteiger partial charge in [-0.15, -0.1) is 11.3 Å². The van der Waals surface area contributed by atoms with E-state index < -0.39 is 0 Å². The van der Waals surface area contributed by atoms with Crippen LogP contribution in [-0.2, 0) is 0 Å². The van der Waals surface area contributed by atoms with E-state index in [0.717, 1.165) is 22.7 Å². The van der Waals surface area contributed by atoms with Crippen LogP contribution in [0.4, 0.5) is 17.1 Å². The van der Waals surface area contributed by atoms with Gasteiger partial charge >= 0.3 is 0 Å². The van der Waals surface area contributed by atoms with E-state index >= 15 is 0 Å². The number of fused-ring (bicyclic) bond motifs is 11. The molecule has 9 aromatic carbocycles. The van der Waals surface area contributed by atoms with Gasteiger partial charge in [0, 0.05) is 47.7 Å². The number of hydrogen-bond donors (Lipinski definition) is 0. The molecule has 2 nitrogen and oxygen atoms in total. The monoisotopic (exact) mass is 666 g/mol. The summed E-state index contributed by atoms with van der Waals surface area (Å²) in [6, 6.07) is 66.8. The van der Waals surface area contributed by atoms with Crippen LogP contribution in [0.1, 0.15) is 0 Å². The van der Waals surface area contributed by atoms with Crippen LogP contribution in [0.5, 0.6) is 0 Å². The molecule has 0 N–H and O–H groups in total. The van der Waals surface area contributed by atoms with Crippen molar-refractivity contribution in [1.29, 1.82) is 0 Å². The van der Waals surface area contributed by atoms with E-state index in [-0.39, 0.29) is 0 Å². The van der Waals surface area contributed by atoms with Gasteiger partial charge in [0.1, 0.15) is 0 Å². The van der Waals surface area contributed by atoms with E-state index in [4.69, 9.17) is 0 Å². The third-order valence-electron chi connectivity index (χ3n) is 10.5. The standard InChI is InChI=1S/C48H30N2S/c1-2-13-33(14-3-1)49-42-19-8-6-17-39(42)48-43(49)21-11-22-44(48)50(34-27-29-46-40(30-34)37-16-7-9-23-45(37)51-46)41-20-10-18-38-36(41)28-26-32-25-24-31-12-4-5-15-35(31)47(32)38/h1-30H. The molecule has 2 aromatic heterocycles. The molecule has 11 aromatic rings. The number of para-hydroxylation sites is 2. The highest BCUT2D eigenvalue weighted by Gasteiger charge is 2.23. The summed E-state index contributed by atoms with van der Waals surface area (Å²) >= 11 is 1.86. The maximum Gasteiger partial charge on any atom is 0.0562 e. The fourth-order valence-electron chi connectivity index (χ4n) is 8.35. The maximum absolute atomic E-state index is 2.51. The Bertz CT molecular complexity index is 3150. The Labute approximate surface area is 298 Å². The minimum Gasteiger partial charge on any atom is -0.309 e. The topological polar surface area (TPSA) is 8.17 Å². The molecule has 2 heterocycles. The average Bonchev–Trinajstić information content (AvgIpc) is 3.74. The number of aromatic nitrogens is 1. The summed E-state index contributed by atoms with van der Waals surface area (Å²) in [5.74, 6) is 0. The number of thiophene rings is 1. The molecule has 0 amide bonds. The predicted octanol–water partition coefficient (Wildman–Crippen LogP) is 14.1. The molecule has 238 valence electrons. The summed E-state index contributed by atoms with van der Waals surface area (Å²) in [6.07, 6.45) is 0. The lowest BCUT2D eigenvalue weighted by atomic mass is 9.95. The molecule has 0 spiro atoms. The van der Waals surface area contributed by atoms with Crippen molar-refractivity contribution in [3.8, 4) is 5.69 Å². The van der Waals surface area contributed by atoms with Gasteiger partial charge in [0.15, 0.2) is 0 Å². The van der Waals surface area contributed by atoms with Gasteiger partial charge in [-0.05, 0) is 87.6 Å². The van der Waals surface area contributed by atoms with Crippen LogP contribution in [0, 0.1) is 0 Å². The van der Waals surface area contributed by atoms with Crippen molar-refractivity contribution in [2.45, 2.75) is 0 Å². The van der Waals surface area contributed by atoms with Crippen LogP contribution in [0.3, 0.4) is 0 Å². The molecule has 11 rings (SSSR count). The summed E-state index contributed by atoms with van der Waals surface area (Å²) in [6.45, 7) is 0. The average molecular weight is 667 g/mol. The molecule has 0 saturated carbocycles. The Balaban J connectivity index is 1.27. The molecule has 0 aliphatic heterocycles. The van der Waals surface area contributed by atoms with Gasteiger partial charge in [0.25, 0.3) is 0 Å². The quantitative estimate of drug-likeness (QED) is 0.170. The van der Waals surface area contributed by atoms with E-state index in [1.807, 2.05) is 11.3 Å². The van der Waals surface area contributed by atoms with Gasteiger partial charge in [-0.1, -0.05) is 121 Å². The van der Waals surface area contributed by atoms with Gasteiger partial charge in [-0.3, -0.25) is 0 Å². The van der Waals surface area contributed by atoms with Crippen LogP contribution in [0.15, 0.2) is 182 Å². The van der Waals surface area contributed by atoms with Crippen molar-refractivity contribution in [2.75, 3.05) is 4.90 Å². The smallest absolute Gasteiger partial charge is 0.0562 e. The molecule has 3 heteroatoms. The SMILES string of the molecule is c1ccc(-n2c3ccccc3c3c(N(c4ccc5sc6ccccc6c5c4)c4cccc5c4ccc4ccc6ccccc6c45)cccc32)cc1. The minimum absolute atomic E-state index is 1.14. The van der Waals surface area contributed by atoms with Crippen molar-refractivity contribution in [3.63, 3.8) is 0 Å². The molecule has 0 fully saturated rings. The Kier molecular flexibility index (Phi) is 6.16. The van der Waals surface area contributed by atoms with Crippen molar-refractivity contribution in [3.05, 3.63) is 182 Å². The zero-order valence-electron chi connectivity index (χ0n) is 27.6. The first kappa shape index (κ1) is 28.4. The summed E-state index contributed by atoms with van der Waals surface area (Å²) in [4.78, 5) is 2.51. The van der Waals surface area contributed by atoms with Crippen LogP contribution >= 0.6 is 11.3 Å². The summed E-state index contributed by atoms with van der Waals surface area (Å²) in [7, 11) is 0. The number of nitrogens with zero attached hydrogens (tertiary/aromatic N) is 2. The van der Waals surface area contributed by atoms with E-state index in [2.05, 4.69) is 191 Å². The predicted molar refractivity (Wildman–Crippen MR) is 221 cm³/mol. The lowest BCUT2D eigenvalue weighted by Gasteiger charge is -2.28. The van der Waals surface area contributed by atoms with Crippen LogP contribution < -0.4 is 4.90 Å². The van der Waals surface area contributed by atoms with E-state index in [1.54, 1.807) is 0 Å². The highest BCUT2D eigenvalue weighted by Crippen LogP contribution is 2.48. The van der Waals surface area contributed by atoms with Crippen molar-refractivity contribution >= 4 is 103 Å². The van der Waals surface area contributed by atoms with Crippen molar-refractivity contribution in [1.82, 2.24) is 4.57 Å². The fraction of sp³-hybridized carbons (Fsp3) is 0. The van der Waals surface area contributed by atoms with Crippen molar-refractivity contribution < 1.29 is 0 Å². The highest BCUT2D eigenvalue weighted by atomic mass is 32.1. The zero-order valence-corrected chi connectivity index (χ0v) is 28.4. The molecule has 51 heavy (non-hydrogen) atoms. The first-order valence-electron chi connectivity index (χ1n) is 17.4. The second-order valence-electron chi connectivity index (χ2n) is 13.3. The van der Waals surface area contributed by atoms with Gasteiger partial charge in [-0.25, -0.2) is 0 Å². The third kappa shape index (κ3) is 4.22. The molecular formula is C48H30N2S. The Hall–Kier alpha value is -6.42. The molecule has 0 aliphatic carbocycles. The van der Waals surface area contributed by atoms with Crippen LogP contribution in [0.2, 0.25) is 0 Å². The number of rotatable bonds is 4. The Morgan fingerprint density at radius 1 is 0.373 bits per heavy atom. The van der Waals surface area contributed by atoms with Crippen LogP contribution in [-0.4, -0.2) is 4.57 Å². The van der Waals surface area contributed by atoms with Gasteiger partial charge in [0.05, 0.1) is 22.4 Å². The minimum atomic E-state index is 1.14. The lowest BCUT2D eigenvalue weighted by molar-refractivity contribution is 1.18. The third-order valence-corrected chi connectivity index (χ3v) is 11.7. The number of hydrogen-bond acceptors (Lipinski definition) is 2. The number of anilines is 3. The number of benzene rings is 9. The molecular weight excluding hydrogens is 637 g/mol. The first-order valence-corrected chi connectivity index (χ1v) is 18.3. The van der Waals surface area contributed by atoms with Crippen LogP contribution in [0.25, 0.3) is 80.0 Å². The van der Waals surface area contributed by atoms with E-state index in [9.17, 15) is 0 Å². The molecule has 0 unspecified atom stereocenters. The summed E-state index contributed by atoms with van der Waals surface area (Å²) in [5, 5.41) is 12.6. The molecule has 0 atom stereocenters. The lowest BCUT2D eigenvalue weighted by Crippen LogP contribution is -2.11. The van der Waals surface area contributed by atoms with E-state index in [1.165, 1.54) is 74.3 Å².